The number of nitrogens with one attached hydrogen (secondary N) is 1. The molecule has 0 aliphatic rings. The number of aryl methyl sites for hydroxylation is 2. The molecule has 0 radical (unpaired) electrons. The van der Waals surface area contributed by atoms with Gasteiger partial charge in [-0.2, -0.15) is 0 Å². The monoisotopic (exact) mass is 204 g/mol. The molecule has 15 heavy (non-hydrogen) atoms. The third kappa shape index (κ3) is 2.82. The molecule has 1 aromatic rings. The lowest BCUT2D eigenvalue weighted by Crippen LogP contribution is -2.25. The van der Waals surface area contributed by atoms with E-state index < -0.39 is 0 Å². The Morgan fingerprint density at radius 1 is 1.33 bits per heavy atom. The average molecular weight is 204 g/mol. The van der Waals surface area contributed by atoms with E-state index in [1.54, 1.807) is 0 Å². The van der Waals surface area contributed by atoms with Crippen LogP contribution >= 0.6 is 0 Å². The van der Waals surface area contributed by atoms with Crippen molar-refractivity contribution in [3.05, 3.63) is 29.3 Å². The summed E-state index contributed by atoms with van der Waals surface area (Å²) in [6.45, 7) is 6.29. The summed E-state index contributed by atoms with van der Waals surface area (Å²) >= 11 is 0. The molecule has 2 nitrogen and oxygen atoms in total. The van der Waals surface area contributed by atoms with Crippen LogP contribution in [-0.2, 0) is 0 Å². The van der Waals surface area contributed by atoms with Gasteiger partial charge >= 0.3 is 0 Å². The minimum Gasteiger partial charge on any atom is -0.333 e. The summed E-state index contributed by atoms with van der Waals surface area (Å²) in [6, 6.07) is 6.35. The van der Waals surface area contributed by atoms with Crippen molar-refractivity contribution in [3.63, 3.8) is 0 Å². The van der Waals surface area contributed by atoms with Crippen LogP contribution in [0.15, 0.2) is 18.2 Å². The van der Waals surface area contributed by atoms with Crippen molar-refractivity contribution in [1.29, 1.82) is 5.41 Å². The van der Waals surface area contributed by atoms with Gasteiger partial charge in [0.15, 0.2) is 0 Å². The Balaban J connectivity index is 2.91. The molecule has 1 rings (SSSR count). The quantitative estimate of drug-likeness (QED) is 0.592. The van der Waals surface area contributed by atoms with Crippen LogP contribution in [0.1, 0.15) is 30.9 Å². The van der Waals surface area contributed by atoms with Gasteiger partial charge in [0.25, 0.3) is 0 Å². The van der Waals surface area contributed by atoms with Crippen molar-refractivity contribution in [2.45, 2.75) is 33.6 Å². The predicted octanol–water partition coefficient (Wildman–Crippen LogP) is 3.52. The van der Waals surface area contributed by atoms with Gasteiger partial charge in [-0.3, -0.25) is 5.41 Å². The van der Waals surface area contributed by atoms with E-state index in [-0.39, 0.29) is 0 Å². The van der Waals surface area contributed by atoms with Gasteiger partial charge in [0, 0.05) is 19.2 Å². The van der Waals surface area contributed by atoms with Gasteiger partial charge < -0.3 is 4.90 Å². The van der Waals surface area contributed by atoms with Crippen molar-refractivity contribution >= 4 is 11.5 Å². The molecule has 0 spiro atoms. The summed E-state index contributed by atoms with van der Waals surface area (Å²) in [5.41, 5.74) is 3.64. The minimum absolute atomic E-state index is 0.685. The van der Waals surface area contributed by atoms with Crippen LogP contribution in [0.5, 0.6) is 0 Å². The predicted molar refractivity (Wildman–Crippen MR) is 67.0 cm³/mol. The lowest BCUT2D eigenvalue weighted by atomic mass is 10.1. The molecule has 0 amide bonds. The van der Waals surface area contributed by atoms with Gasteiger partial charge in [0.05, 0.1) is 5.84 Å². The number of hydrogen-bond donors (Lipinski definition) is 1. The van der Waals surface area contributed by atoms with E-state index in [4.69, 9.17) is 5.41 Å². The molecule has 0 aliphatic heterocycles. The summed E-state index contributed by atoms with van der Waals surface area (Å²) in [4.78, 5) is 1.97. The van der Waals surface area contributed by atoms with E-state index in [9.17, 15) is 0 Å². The zero-order valence-electron chi connectivity index (χ0n) is 10.1. The number of benzene rings is 1. The molecule has 2 heteroatoms. The molecule has 0 bridgehead atoms. The number of rotatable bonds is 3. The fourth-order valence-corrected chi connectivity index (χ4v) is 1.73. The second-order valence-corrected chi connectivity index (χ2v) is 4.05. The lowest BCUT2D eigenvalue weighted by molar-refractivity contribution is 0.957. The number of hydrogen-bond acceptors (Lipinski definition) is 1. The van der Waals surface area contributed by atoms with Crippen LogP contribution in [0.4, 0.5) is 5.69 Å². The highest BCUT2D eigenvalue weighted by molar-refractivity contribution is 5.95. The highest BCUT2D eigenvalue weighted by Gasteiger charge is 2.08. The second-order valence-electron chi connectivity index (χ2n) is 4.05. The highest BCUT2D eigenvalue weighted by Crippen LogP contribution is 2.20. The molecule has 1 N–H and O–H groups in total. The molecule has 0 heterocycles. The smallest absolute Gasteiger partial charge is 0.0999 e. The van der Waals surface area contributed by atoms with Gasteiger partial charge in [0.2, 0.25) is 0 Å². The molecule has 82 valence electrons. The van der Waals surface area contributed by atoms with E-state index in [0.29, 0.717) is 5.84 Å². The Morgan fingerprint density at radius 2 is 2.00 bits per heavy atom. The first-order valence-corrected chi connectivity index (χ1v) is 5.44. The van der Waals surface area contributed by atoms with Crippen molar-refractivity contribution in [1.82, 2.24) is 0 Å². The zero-order valence-corrected chi connectivity index (χ0v) is 10.1. The lowest BCUT2D eigenvalue weighted by Gasteiger charge is -2.22. The molecule has 0 unspecified atom stereocenters. The molecular weight excluding hydrogens is 184 g/mol. The molecule has 0 saturated carbocycles. The van der Waals surface area contributed by atoms with Crippen molar-refractivity contribution in [2.75, 3.05) is 11.9 Å². The summed E-state index contributed by atoms with van der Waals surface area (Å²) in [5, 5.41) is 7.91. The Kier molecular flexibility index (Phi) is 3.89. The Morgan fingerprint density at radius 3 is 2.53 bits per heavy atom. The van der Waals surface area contributed by atoms with Crippen molar-refractivity contribution in [3.8, 4) is 0 Å². The molecule has 0 aliphatic carbocycles. The van der Waals surface area contributed by atoms with E-state index in [2.05, 4.69) is 39.0 Å². The molecule has 1 aromatic carbocycles. The van der Waals surface area contributed by atoms with Gasteiger partial charge in [-0.1, -0.05) is 24.6 Å². The van der Waals surface area contributed by atoms with E-state index >= 15 is 0 Å². The van der Waals surface area contributed by atoms with Gasteiger partial charge in [-0.05, 0) is 31.9 Å². The fourth-order valence-electron chi connectivity index (χ4n) is 1.73. The van der Waals surface area contributed by atoms with Crippen LogP contribution in [0.25, 0.3) is 0 Å². The van der Waals surface area contributed by atoms with Gasteiger partial charge in [-0.25, -0.2) is 0 Å². The molecule has 0 saturated heterocycles. The van der Waals surface area contributed by atoms with Crippen molar-refractivity contribution < 1.29 is 0 Å². The summed E-state index contributed by atoms with van der Waals surface area (Å²) in [5.74, 6) is 0.685. The number of nitrogens with zero attached hydrogens (tertiary/aromatic N) is 1. The molecule has 0 aromatic heterocycles. The molecular formula is C13H20N2. The number of anilines is 1. The largest absolute Gasteiger partial charge is 0.333 e. The highest BCUT2D eigenvalue weighted by atomic mass is 15.1. The maximum Gasteiger partial charge on any atom is 0.0999 e. The van der Waals surface area contributed by atoms with Crippen LogP contribution in [0.2, 0.25) is 0 Å². The third-order valence-electron chi connectivity index (χ3n) is 2.61. The maximum atomic E-state index is 7.91. The molecule has 0 fully saturated rings. The number of amidine groups is 1. The SMILES string of the molecule is CCCC(=N)N(C)c1ccc(C)cc1C. The zero-order chi connectivity index (χ0) is 11.4. The maximum absolute atomic E-state index is 7.91. The normalized spacial score (nSPS) is 10.1. The first kappa shape index (κ1) is 11.8. The Labute approximate surface area is 92.4 Å². The summed E-state index contributed by atoms with van der Waals surface area (Å²) in [6.07, 6.45) is 1.86. The Hall–Kier alpha value is -1.31. The standard InChI is InChI=1S/C13H20N2/c1-5-6-13(14)15(4)12-8-7-10(2)9-11(12)3/h7-9,14H,5-6H2,1-4H3. The minimum atomic E-state index is 0.685. The topological polar surface area (TPSA) is 27.1 Å². The van der Waals surface area contributed by atoms with E-state index in [0.717, 1.165) is 18.5 Å². The fraction of sp³-hybridized carbons (Fsp3) is 0.462. The summed E-state index contributed by atoms with van der Waals surface area (Å²) in [7, 11) is 1.97. The first-order valence-electron chi connectivity index (χ1n) is 5.44. The third-order valence-corrected chi connectivity index (χ3v) is 2.61. The second kappa shape index (κ2) is 4.96. The average Bonchev–Trinajstić information content (AvgIpc) is 2.17. The molecule has 0 atom stereocenters. The van der Waals surface area contributed by atoms with E-state index in [1.165, 1.54) is 11.1 Å². The Bertz CT molecular complexity index is 356. The van der Waals surface area contributed by atoms with Gasteiger partial charge in [0.1, 0.15) is 0 Å². The first-order chi connectivity index (χ1) is 7.06. The van der Waals surface area contributed by atoms with Crippen LogP contribution in [-0.4, -0.2) is 12.9 Å². The van der Waals surface area contributed by atoms with Gasteiger partial charge in [-0.15, -0.1) is 0 Å². The van der Waals surface area contributed by atoms with Crippen LogP contribution in [0.3, 0.4) is 0 Å². The van der Waals surface area contributed by atoms with Crippen LogP contribution < -0.4 is 4.90 Å². The van der Waals surface area contributed by atoms with Crippen molar-refractivity contribution in [2.24, 2.45) is 0 Å². The van der Waals surface area contributed by atoms with E-state index in [1.807, 2.05) is 11.9 Å². The van der Waals surface area contributed by atoms with Crippen LogP contribution in [0, 0.1) is 19.3 Å². The summed E-state index contributed by atoms with van der Waals surface area (Å²) < 4.78 is 0.